The van der Waals surface area contributed by atoms with E-state index in [4.69, 9.17) is 4.74 Å². The van der Waals surface area contributed by atoms with Gasteiger partial charge in [-0.25, -0.2) is 0 Å². The zero-order valence-electron chi connectivity index (χ0n) is 13.2. The van der Waals surface area contributed by atoms with Crippen molar-refractivity contribution in [2.45, 2.75) is 70.8 Å². The van der Waals surface area contributed by atoms with E-state index in [1.165, 1.54) is 57.8 Å². The van der Waals surface area contributed by atoms with Crippen molar-refractivity contribution < 1.29 is 4.74 Å². The molecule has 0 N–H and O–H groups in total. The van der Waals surface area contributed by atoms with E-state index in [9.17, 15) is 0 Å². The Bertz CT molecular complexity index is 291. The molecule has 0 heterocycles. The van der Waals surface area contributed by atoms with Gasteiger partial charge < -0.3 is 4.74 Å². The SMILES string of the molecule is C=CCOC1CCC(C2CCC(C=CCC)CC2)CC1. The van der Waals surface area contributed by atoms with Gasteiger partial charge >= 0.3 is 0 Å². The lowest BCUT2D eigenvalue weighted by Crippen LogP contribution is -2.28. The van der Waals surface area contributed by atoms with Gasteiger partial charge in [-0.15, -0.1) is 6.58 Å². The molecular weight excluding hydrogens is 244 g/mol. The highest BCUT2D eigenvalue weighted by Gasteiger charge is 2.30. The van der Waals surface area contributed by atoms with Crippen LogP contribution in [-0.2, 0) is 4.74 Å². The van der Waals surface area contributed by atoms with Gasteiger partial charge in [0, 0.05) is 0 Å². The van der Waals surface area contributed by atoms with Crippen molar-refractivity contribution in [3.05, 3.63) is 24.8 Å². The maximum Gasteiger partial charge on any atom is 0.0648 e. The number of rotatable bonds is 6. The second kappa shape index (κ2) is 8.67. The van der Waals surface area contributed by atoms with Crippen LogP contribution >= 0.6 is 0 Å². The first-order valence-corrected chi connectivity index (χ1v) is 8.72. The van der Waals surface area contributed by atoms with E-state index in [2.05, 4.69) is 25.7 Å². The first kappa shape index (κ1) is 15.8. The molecule has 1 heteroatoms. The van der Waals surface area contributed by atoms with Gasteiger partial charge in [0.1, 0.15) is 0 Å². The third kappa shape index (κ3) is 4.77. The maximum atomic E-state index is 5.80. The van der Waals surface area contributed by atoms with E-state index in [0.717, 1.165) is 24.4 Å². The second-order valence-corrected chi connectivity index (χ2v) is 6.67. The van der Waals surface area contributed by atoms with Gasteiger partial charge in [0.25, 0.3) is 0 Å². The zero-order chi connectivity index (χ0) is 14.2. The molecule has 0 saturated heterocycles. The molecule has 0 spiro atoms. The monoisotopic (exact) mass is 276 g/mol. The highest BCUT2D eigenvalue weighted by molar-refractivity contribution is 4.92. The van der Waals surface area contributed by atoms with E-state index < -0.39 is 0 Å². The van der Waals surface area contributed by atoms with Crippen molar-refractivity contribution in [1.82, 2.24) is 0 Å². The summed E-state index contributed by atoms with van der Waals surface area (Å²) in [5, 5.41) is 0. The van der Waals surface area contributed by atoms with Gasteiger partial charge in [-0.3, -0.25) is 0 Å². The van der Waals surface area contributed by atoms with Crippen LogP contribution in [0.25, 0.3) is 0 Å². The number of allylic oxidation sites excluding steroid dienone is 2. The van der Waals surface area contributed by atoms with Crippen molar-refractivity contribution in [2.75, 3.05) is 6.61 Å². The highest BCUT2D eigenvalue weighted by Crippen LogP contribution is 2.40. The van der Waals surface area contributed by atoms with Crippen LogP contribution in [0, 0.1) is 17.8 Å². The summed E-state index contributed by atoms with van der Waals surface area (Å²) in [6.07, 6.45) is 19.5. The van der Waals surface area contributed by atoms with Gasteiger partial charge in [0.2, 0.25) is 0 Å². The molecule has 0 atom stereocenters. The summed E-state index contributed by atoms with van der Waals surface area (Å²) in [7, 11) is 0. The maximum absolute atomic E-state index is 5.80. The van der Waals surface area contributed by atoms with Crippen LogP contribution in [0.2, 0.25) is 0 Å². The summed E-state index contributed by atoms with van der Waals surface area (Å²) in [5.74, 6) is 2.86. The van der Waals surface area contributed by atoms with Crippen LogP contribution in [0.1, 0.15) is 64.7 Å². The molecule has 2 aliphatic carbocycles. The normalized spacial score (nSPS) is 35.2. The lowest BCUT2D eigenvalue weighted by molar-refractivity contribution is 0.0220. The summed E-state index contributed by atoms with van der Waals surface area (Å²) in [6, 6.07) is 0. The van der Waals surface area contributed by atoms with Crippen molar-refractivity contribution in [2.24, 2.45) is 17.8 Å². The summed E-state index contributed by atoms with van der Waals surface area (Å²) >= 11 is 0. The third-order valence-electron chi connectivity index (χ3n) is 5.30. The molecule has 0 aromatic carbocycles. The fraction of sp³-hybridized carbons (Fsp3) is 0.789. The van der Waals surface area contributed by atoms with E-state index >= 15 is 0 Å². The molecule has 0 bridgehead atoms. The molecule has 2 rings (SSSR count). The first-order chi connectivity index (χ1) is 9.83. The van der Waals surface area contributed by atoms with Gasteiger partial charge in [0.05, 0.1) is 12.7 Å². The summed E-state index contributed by atoms with van der Waals surface area (Å²) in [5.41, 5.74) is 0. The molecule has 20 heavy (non-hydrogen) atoms. The lowest BCUT2D eigenvalue weighted by Gasteiger charge is -2.37. The van der Waals surface area contributed by atoms with Crippen molar-refractivity contribution in [1.29, 1.82) is 0 Å². The van der Waals surface area contributed by atoms with Crippen LogP contribution in [-0.4, -0.2) is 12.7 Å². The predicted molar refractivity (Wildman–Crippen MR) is 86.8 cm³/mol. The Labute approximate surface area is 125 Å². The topological polar surface area (TPSA) is 9.23 Å². The molecule has 2 saturated carbocycles. The van der Waals surface area contributed by atoms with Crippen molar-refractivity contribution >= 4 is 0 Å². The Morgan fingerprint density at radius 1 is 0.950 bits per heavy atom. The van der Waals surface area contributed by atoms with Crippen LogP contribution in [0.4, 0.5) is 0 Å². The highest BCUT2D eigenvalue weighted by atomic mass is 16.5. The van der Waals surface area contributed by atoms with E-state index in [1.54, 1.807) is 0 Å². The summed E-state index contributed by atoms with van der Waals surface area (Å²) in [4.78, 5) is 0. The van der Waals surface area contributed by atoms with Crippen LogP contribution in [0.15, 0.2) is 24.8 Å². The molecule has 2 fully saturated rings. The standard InChI is InChI=1S/C19H32O/c1-3-5-6-16-7-9-17(10-8-16)18-11-13-19(14-12-18)20-15-4-2/h4-6,16-19H,2-3,7-15H2,1H3. The molecule has 0 unspecified atom stereocenters. The Balaban J connectivity index is 1.67. The molecule has 0 amide bonds. The molecule has 114 valence electrons. The molecule has 2 aliphatic rings. The van der Waals surface area contributed by atoms with Crippen molar-refractivity contribution in [3.63, 3.8) is 0 Å². The number of hydrogen-bond donors (Lipinski definition) is 0. The summed E-state index contributed by atoms with van der Waals surface area (Å²) in [6.45, 7) is 6.69. The van der Waals surface area contributed by atoms with Gasteiger partial charge in [-0.05, 0) is 75.5 Å². The average Bonchev–Trinajstić information content (AvgIpc) is 2.52. The largest absolute Gasteiger partial charge is 0.374 e. The van der Waals surface area contributed by atoms with Crippen LogP contribution in [0.5, 0.6) is 0 Å². The third-order valence-corrected chi connectivity index (χ3v) is 5.30. The quantitative estimate of drug-likeness (QED) is 0.580. The smallest absolute Gasteiger partial charge is 0.0648 e. The minimum Gasteiger partial charge on any atom is -0.374 e. The van der Waals surface area contributed by atoms with E-state index in [1.807, 2.05) is 6.08 Å². The fourth-order valence-electron chi connectivity index (χ4n) is 4.07. The van der Waals surface area contributed by atoms with E-state index in [0.29, 0.717) is 6.10 Å². The fourth-order valence-corrected chi connectivity index (χ4v) is 4.07. The number of ether oxygens (including phenoxy) is 1. The molecule has 1 nitrogen and oxygen atoms in total. The molecular formula is C19H32O. The average molecular weight is 276 g/mol. The van der Waals surface area contributed by atoms with Gasteiger partial charge in [-0.1, -0.05) is 25.2 Å². The molecule has 0 radical (unpaired) electrons. The first-order valence-electron chi connectivity index (χ1n) is 8.72. The van der Waals surface area contributed by atoms with E-state index in [-0.39, 0.29) is 0 Å². The second-order valence-electron chi connectivity index (χ2n) is 6.67. The van der Waals surface area contributed by atoms with Gasteiger partial charge in [-0.2, -0.15) is 0 Å². The summed E-state index contributed by atoms with van der Waals surface area (Å²) < 4.78 is 5.80. The predicted octanol–water partition coefficient (Wildman–Crippen LogP) is 5.52. The molecule has 0 aromatic rings. The van der Waals surface area contributed by atoms with Crippen LogP contribution in [0.3, 0.4) is 0 Å². The molecule has 0 aliphatic heterocycles. The lowest BCUT2D eigenvalue weighted by atomic mass is 9.70. The van der Waals surface area contributed by atoms with Crippen molar-refractivity contribution in [3.8, 4) is 0 Å². The minimum absolute atomic E-state index is 0.507. The van der Waals surface area contributed by atoms with Gasteiger partial charge in [0.15, 0.2) is 0 Å². The zero-order valence-corrected chi connectivity index (χ0v) is 13.2. The molecule has 0 aromatic heterocycles. The number of hydrogen-bond acceptors (Lipinski definition) is 1. The Morgan fingerprint density at radius 3 is 2.10 bits per heavy atom. The Hall–Kier alpha value is -0.560. The minimum atomic E-state index is 0.507. The Morgan fingerprint density at radius 2 is 1.55 bits per heavy atom. The van der Waals surface area contributed by atoms with Crippen LogP contribution < -0.4 is 0 Å². The Kier molecular flexibility index (Phi) is 6.86.